The van der Waals surface area contributed by atoms with E-state index in [-0.39, 0.29) is 0 Å². The van der Waals surface area contributed by atoms with Crippen LogP contribution in [0.1, 0.15) is 39.5 Å². The van der Waals surface area contributed by atoms with Crippen molar-refractivity contribution in [2.75, 3.05) is 13.1 Å². The van der Waals surface area contributed by atoms with Gasteiger partial charge in [-0.05, 0) is 31.6 Å². The predicted octanol–water partition coefficient (Wildman–Crippen LogP) is 2.09. The molecule has 80 valence electrons. The van der Waals surface area contributed by atoms with Gasteiger partial charge in [0, 0.05) is 18.5 Å². The van der Waals surface area contributed by atoms with Crippen LogP contribution in [0.25, 0.3) is 0 Å². The maximum atomic E-state index is 11.7. The molecule has 2 aliphatic rings. The maximum Gasteiger partial charge on any atom is 0.149 e. The summed E-state index contributed by atoms with van der Waals surface area (Å²) in [6.45, 7) is 6.30. The molecule has 2 rings (SSSR count). The molecule has 0 unspecified atom stereocenters. The predicted molar refractivity (Wildman–Crippen MR) is 57.2 cm³/mol. The van der Waals surface area contributed by atoms with Crippen molar-refractivity contribution in [3.8, 4) is 0 Å². The summed E-state index contributed by atoms with van der Waals surface area (Å²) in [5, 5.41) is 0. The summed E-state index contributed by atoms with van der Waals surface area (Å²) in [4.78, 5) is 14.1. The molecule has 14 heavy (non-hydrogen) atoms. The lowest BCUT2D eigenvalue weighted by atomic mass is 10.2. The molecule has 0 heterocycles. The first-order valence-electron chi connectivity index (χ1n) is 5.93. The summed E-state index contributed by atoms with van der Waals surface area (Å²) in [6.07, 6.45) is 4.92. The summed E-state index contributed by atoms with van der Waals surface area (Å²) in [5.41, 5.74) is 0. The van der Waals surface area contributed by atoms with Crippen molar-refractivity contribution < 1.29 is 4.79 Å². The van der Waals surface area contributed by atoms with E-state index in [1.54, 1.807) is 0 Å². The normalized spacial score (nSPS) is 22.0. The molecule has 0 N–H and O–H groups in total. The quantitative estimate of drug-likeness (QED) is 0.647. The smallest absolute Gasteiger partial charge is 0.149 e. The van der Waals surface area contributed by atoms with Gasteiger partial charge < -0.3 is 0 Å². The van der Waals surface area contributed by atoms with Gasteiger partial charge in [-0.3, -0.25) is 9.69 Å². The van der Waals surface area contributed by atoms with E-state index >= 15 is 0 Å². The zero-order chi connectivity index (χ0) is 10.1. The lowest BCUT2D eigenvalue weighted by Crippen LogP contribution is -2.35. The molecule has 2 saturated carbocycles. The van der Waals surface area contributed by atoms with E-state index in [0.29, 0.717) is 17.6 Å². The van der Waals surface area contributed by atoms with Gasteiger partial charge in [-0.15, -0.1) is 0 Å². The highest BCUT2D eigenvalue weighted by atomic mass is 16.1. The number of carbonyl (C=O) groups is 1. The average Bonchev–Trinajstić information content (AvgIpc) is 2.96. The molecule has 2 nitrogen and oxygen atoms in total. The van der Waals surface area contributed by atoms with E-state index in [4.69, 9.17) is 0 Å². The first-order chi connectivity index (χ1) is 6.66. The molecule has 0 aromatic rings. The highest BCUT2D eigenvalue weighted by molar-refractivity contribution is 5.85. The number of carbonyl (C=O) groups excluding carboxylic acids is 1. The van der Waals surface area contributed by atoms with Gasteiger partial charge in [0.05, 0.1) is 6.54 Å². The van der Waals surface area contributed by atoms with Crippen LogP contribution in [0.5, 0.6) is 0 Å². The molecule has 0 spiro atoms. The van der Waals surface area contributed by atoms with Crippen LogP contribution in [0.15, 0.2) is 0 Å². The third-order valence-electron chi connectivity index (χ3n) is 3.05. The van der Waals surface area contributed by atoms with Crippen molar-refractivity contribution in [1.29, 1.82) is 0 Å². The topological polar surface area (TPSA) is 20.3 Å². The molecular formula is C12H21NO. The standard InChI is InChI=1S/C12H21NO/c1-9(2)7-13(11-5-6-11)8-12(14)10-3-4-10/h9-11H,3-8H2,1-2H3. The van der Waals surface area contributed by atoms with E-state index in [1.807, 2.05) is 0 Å². The minimum Gasteiger partial charge on any atom is -0.298 e. The summed E-state index contributed by atoms with van der Waals surface area (Å²) < 4.78 is 0. The van der Waals surface area contributed by atoms with Gasteiger partial charge in [0.2, 0.25) is 0 Å². The Labute approximate surface area is 86.7 Å². The van der Waals surface area contributed by atoms with Gasteiger partial charge in [-0.2, -0.15) is 0 Å². The first kappa shape index (κ1) is 10.2. The van der Waals surface area contributed by atoms with Crippen LogP contribution < -0.4 is 0 Å². The van der Waals surface area contributed by atoms with Crippen LogP contribution in [-0.4, -0.2) is 29.8 Å². The second-order valence-corrected chi connectivity index (χ2v) is 5.30. The van der Waals surface area contributed by atoms with Gasteiger partial charge in [-0.1, -0.05) is 13.8 Å². The maximum absolute atomic E-state index is 11.7. The Morgan fingerprint density at radius 2 is 1.93 bits per heavy atom. The van der Waals surface area contributed by atoms with Crippen LogP contribution in [-0.2, 0) is 4.79 Å². The van der Waals surface area contributed by atoms with Gasteiger partial charge in [0.15, 0.2) is 0 Å². The molecule has 0 aliphatic heterocycles. The first-order valence-corrected chi connectivity index (χ1v) is 5.93. The fourth-order valence-electron chi connectivity index (χ4n) is 1.99. The van der Waals surface area contributed by atoms with E-state index in [0.717, 1.165) is 32.0 Å². The fourth-order valence-corrected chi connectivity index (χ4v) is 1.99. The average molecular weight is 195 g/mol. The van der Waals surface area contributed by atoms with Crippen LogP contribution in [0.3, 0.4) is 0 Å². The number of hydrogen-bond donors (Lipinski definition) is 0. The largest absolute Gasteiger partial charge is 0.298 e. The van der Waals surface area contributed by atoms with E-state index < -0.39 is 0 Å². The second-order valence-electron chi connectivity index (χ2n) is 5.30. The van der Waals surface area contributed by atoms with E-state index in [1.165, 1.54) is 12.8 Å². The molecule has 2 aliphatic carbocycles. The second kappa shape index (κ2) is 4.01. The lowest BCUT2D eigenvalue weighted by Gasteiger charge is -2.23. The van der Waals surface area contributed by atoms with Crippen molar-refractivity contribution in [2.45, 2.75) is 45.6 Å². The number of rotatable bonds is 6. The summed E-state index contributed by atoms with van der Waals surface area (Å²) >= 11 is 0. The molecule has 0 radical (unpaired) electrons. The molecule has 2 fully saturated rings. The van der Waals surface area contributed by atoms with Crippen LogP contribution in [0.2, 0.25) is 0 Å². The fraction of sp³-hybridized carbons (Fsp3) is 0.917. The molecule has 0 saturated heterocycles. The van der Waals surface area contributed by atoms with Crippen LogP contribution in [0, 0.1) is 11.8 Å². The summed E-state index contributed by atoms with van der Waals surface area (Å²) in [5.74, 6) is 1.61. The number of ketones is 1. The minimum absolute atomic E-state index is 0.434. The molecule has 0 bridgehead atoms. The van der Waals surface area contributed by atoms with Gasteiger partial charge in [0.1, 0.15) is 5.78 Å². The third kappa shape index (κ3) is 2.81. The highest BCUT2D eigenvalue weighted by Crippen LogP contribution is 2.32. The minimum atomic E-state index is 0.434. The highest BCUT2D eigenvalue weighted by Gasteiger charge is 2.35. The Kier molecular flexibility index (Phi) is 2.91. The van der Waals surface area contributed by atoms with Crippen molar-refractivity contribution in [3.63, 3.8) is 0 Å². The Morgan fingerprint density at radius 3 is 2.36 bits per heavy atom. The van der Waals surface area contributed by atoms with Crippen LogP contribution in [0.4, 0.5) is 0 Å². The molecule has 2 heteroatoms. The monoisotopic (exact) mass is 195 g/mol. The van der Waals surface area contributed by atoms with Crippen molar-refractivity contribution in [3.05, 3.63) is 0 Å². The Balaban J connectivity index is 1.80. The van der Waals surface area contributed by atoms with Crippen molar-refractivity contribution >= 4 is 5.78 Å². The molecule has 0 amide bonds. The number of hydrogen-bond acceptors (Lipinski definition) is 2. The zero-order valence-corrected chi connectivity index (χ0v) is 9.33. The van der Waals surface area contributed by atoms with E-state index in [2.05, 4.69) is 18.7 Å². The van der Waals surface area contributed by atoms with Crippen molar-refractivity contribution in [2.24, 2.45) is 11.8 Å². The van der Waals surface area contributed by atoms with Crippen LogP contribution >= 0.6 is 0 Å². The summed E-state index contributed by atoms with van der Waals surface area (Å²) in [7, 11) is 0. The SMILES string of the molecule is CC(C)CN(CC(=O)C1CC1)C1CC1. The number of nitrogens with zero attached hydrogens (tertiary/aromatic N) is 1. The van der Waals surface area contributed by atoms with Gasteiger partial charge in [0.25, 0.3) is 0 Å². The number of Topliss-reactive ketones (excluding diaryl/α,β-unsaturated/α-hetero) is 1. The Morgan fingerprint density at radius 1 is 1.29 bits per heavy atom. The zero-order valence-electron chi connectivity index (χ0n) is 9.33. The van der Waals surface area contributed by atoms with Crippen molar-refractivity contribution in [1.82, 2.24) is 4.90 Å². The molecule has 0 aromatic carbocycles. The molecular weight excluding hydrogens is 174 g/mol. The molecule has 0 atom stereocenters. The Bertz CT molecular complexity index is 216. The van der Waals surface area contributed by atoms with Gasteiger partial charge in [-0.25, -0.2) is 0 Å². The summed E-state index contributed by atoms with van der Waals surface area (Å²) in [6, 6.07) is 0.736. The molecule has 0 aromatic heterocycles. The Hall–Kier alpha value is -0.370. The third-order valence-corrected chi connectivity index (χ3v) is 3.05. The van der Waals surface area contributed by atoms with E-state index in [9.17, 15) is 4.79 Å². The van der Waals surface area contributed by atoms with Gasteiger partial charge >= 0.3 is 0 Å². The lowest BCUT2D eigenvalue weighted by molar-refractivity contribution is -0.121.